The van der Waals surface area contributed by atoms with Crippen LogP contribution in [0.3, 0.4) is 0 Å². The summed E-state index contributed by atoms with van der Waals surface area (Å²) >= 11 is 0. The first-order valence-electron chi connectivity index (χ1n) is 7.65. The number of aryl methyl sites for hydroxylation is 1. The Kier molecular flexibility index (Phi) is 2.08. The van der Waals surface area contributed by atoms with Crippen LogP contribution in [0.4, 0.5) is 0 Å². The lowest BCUT2D eigenvalue weighted by Gasteiger charge is -2.09. The molecule has 5 rings (SSSR count). The normalized spacial score (nSPS) is 13.6. The van der Waals surface area contributed by atoms with Gasteiger partial charge in [-0.2, -0.15) is 0 Å². The van der Waals surface area contributed by atoms with Crippen molar-refractivity contribution in [2.24, 2.45) is 0 Å². The molecule has 3 aromatic rings. The van der Waals surface area contributed by atoms with Crippen molar-refractivity contribution in [1.29, 1.82) is 0 Å². The zero-order valence-corrected chi connectivity index (χ0v) is 12.1. The molecule has 0 atom stereocenters. The van der Waals surface area contributed by atoms with Crippen molar-refractivity contribution in [3.63, 3.8) is 0 Å². The first-order valence-corrected chi connectivity index (χ1v) is 7.65. The first-order chi connectivity index (χ1) is 10.3. The molecule has 0 heteroatoms. The Bertz CT molecular complexity index is 900. The van der Waals surface area contributed by atoms with Crippen LogP contribution in [0.25, 0.3) is 22.3 Å². The van der Waals surface area contributed by atoms with Crippen molar-refractivity contribution >= 4 is 0 Å². The Labute approximate surface area is 125 Å². The van der Waals surface area contributed by atoms with Gasteiger partial charge < -0.3 is 0 Å². The summed E-state index contributed by atoms with van der Waals surface area (Å²) in [5.41, 5.74) is 13.3. The lowest BCUT2D eigenvalue weighted by molar-refractivity contribution is 1.16. The maximum absolute atomic E-state index is 2.34. The molecular weight excluding hydrogens is 252 g/mol. The van der Waals surface area contributed by atoms with Crippen LogP contribution in [0.5, 0.6) is 0 Å². The maximum Gasteiger partial charge on any atom is -0.00103 e. The third kappa shape index (κ3) is 1.40. The minimum atomic E-state index is 1.10. The second-order valence-electron chi connectivity index (χ2n) is 6.24. The third-order valence-corrected chi connectivity index (χ3v) is 5.10. The van der Waals surface area contributed by atoms with Gasteiger partial charge in [0.05, 0.1) is 0 Å². The Balaban J connectivity index is 1.79. The van der Waals surface area contributed by atoms with Crippen LogP contribution in [-0.2, 0) is 12.8 Å². The van der Waals surface area contributed by atoms with Crippen molar-refractivity contribution < 1.29 is 0 Å². The quantitative estimate of drug-likeness (QED) is 0.365. The molecule has 0 saturated carbocycles. The Morgan fingerprint density at radius 2 is 1.33 bits per heavy atom. The van der Waals surface area contributed by atoms with Crippen LogP contribution in [-0.4, -0.2) is 0 Å². The fourth-order valence-electron chi connectivity index (χ4n) is 4.16. The van der Waals surface area contributed by atoms with Gasteiger partial charge >= 0.3 is 0 Å². The molecule has 0 heterocycles. The van der Waals surface area contributed by atoms with E-state index in [1.807, 2.05) is 0 Å². The molecule has 0 saturated heterocycles. The van der Waals surface area contributed by atoms with E-state index in [-0.39, 0.29) is 0 Å². The molecule has 0 amide bonds. The standard InChI is InChI=1S/C21H16/c1-13-5-4-7-15-12-20-18(21(13)15)10-9-17-16-8-3-2-6-14(16)11-19(17)20/h2-10H,11-12H2,1H3. The summed E-state index contributed by atoms with van der Waals surface area (Å²) in [5.74, 6) is 0. The van der Waals surface area contributed by atoms with Crippen LogP contribution >= 0.6 is 0 Å². The SMILES string of the molecule is Cc1cccc2c1-c1ccc3c(c1C2)Cc1ccccc1-3. The summed E-state index contributed by atoms with van der Waals surface area (Å²) in [6, 6.07) is 20.2. The van der Waals surface area contributed by atoms with Gasteiger partial charge in [0.15, 0.2) is 0 Å². The van der Waals surface area contributed by atoms with Crippen molar-refractivity contribution in [2.75, 3.05) is 0 Å². The summed E-state index contributed by atoms with van der Waals surface area (Å²) < 4.78 is 0. The lowest BCUT2D eigenvalue weighted by atomic mass is 9.95. The highest BCUT2D eigenvalue weighted by Gasteiger charge is 2.28. The number of hydrogen-bond donors (Lipinski definition) is 0. The summed E-state index contributed by atoms with van der Waals surface area (Å²) in [5, 5.41) is 0. The van der Waals surface area contributed by atoms with Gasteiger partial charge in [0.1, 0.15) is 0 Å². The van der Waals surface area contributed by atoms with Crippen LogP contribution in [0.15, 0.2) is 54.6 Å². The highest BCUT2D eigenvalue weighted by molar-refractivity contribution is 5.87. The van der Waals surface area contributed by atoms with Crippen LogP contribution in [0.2, 0.25) is 0 Å². The summed E-state index contributed by atoms with van der Waals surface area (Å²) in [6.45, 7) is 2.23. The van der Waals surface area contributed by atoms with Crippen molar-refractivity contribution in [1.82, 2.24) is 0 Å². The molecule has 0 spiro atoms. The minimum absolute atomic E-state index is 1.10. The number of fused-ring (bicyclic) bond motifs is 7. The third-order valence-electron chi connectivity index (χ3n) is 5.10. The molecule has 2 aliphatic carbocycles. The molecule has 0 radical (unpaired) electrons. The van der Waals surface area contributed by atoms with Gasteiger partial charge in [-0.05, 0) is 69.8 Å². The summed E-state index contributed by atoms with van der Waals surface area (Å²) in [6.07, 6.45) is 2.20. The fourth-order valence-corrected chi connectivity index (χ4v) is 4.16. The van der Waals surface area contributed by atoms with E-state index in [9.17, 15) is 0 Å². The number of benzene rings is 3. The molecule has 0 fully saturated rings. The Morgan fingerprint density at radius 1 is 0.619 bits per heavy atom. The Morgan fingerprint density at radius 3 is 2.29 bits per heavy atom. The van der Waals surface area contributed by atoms with Crippen LogP contribution in [0.1, 0.15) is 27.8 Å². The smallest absolute Gasteiger partial charge is 0.00103 e. The molecule has 0 nitrogen and oxygen atoms in total. The van der Waals surface area contributed by atoms with Gasteiger partial charge in [0.2, 0.25) is 0 Å². The van der Waals surface area contributed by atoms with E-state index in [1.54, 1.807) is 11.1 Å². The average molecular weight is 268 g/mol. The van der Waals surface area contributed by atoms with Crippen LogP contribution < -0.4 is 0 Å². The zero-order valence-electron chi connectivity index (χ0n) is 12.1. The molecule has 0 aliphatic heterocycles. The predicted octanol–water partition coefficient (Wildman–Crippen LogP) is 5.14. The summed E-state index contributed by atoms with van der Waals surface area (Å²) in [7, 11) is 0. The topological polar surface area (TPSA) is 0 Å². The molecule has 21 heavy (non-hydrogen) atoms. The van der Waals surface area contributed by atoms with Gasteiger partial charge in [-0.3, -0.25) is 0 Å². The van der Waals surface area contributed by atoms with Gasteiger partial charge in [0.25, 0.3) is 0 Å². The molecule has 3 aromatic carbocycles. The van der Waals surface area contributed by atoms with Gasteiger partial charge in [-0.15, -0.1) is 0 Å². The Hall–Kier alpha value is -2.34. The van der Waals surface area contributed by atoms with E-state index in [0.29, 0.717) is 0 Å². The molecule has 2 aliphatic rings. The van der Waals surface area contributed by atoms with Gasteiger partial charge in [-0.25, -0.2) is 0 Å². The molecular formula is C21H16. The fraction of sp³-hybridized carbons (Fsp3) is 0.143. The van der Waals surface area contributed by atoms with E-state index in [0.717, 1.165) is 12.8 Å². The monoisotopic (exact) mass is 268 g/mol. The van der Waals surface area contributed by atoms with Crippen LogP contribution in [0, 0.1) is 6.92 Å². The number of rotatable bonds is 0. The van der Waals surface area contributed by atoms with Gasteiger partial charge in [-0.1, -0.05) is 54.6 Å². The van der Waals surface area contributed by atoms with Crippen molar-refractivity contribution in [3.05, 3.63) is 82.4 Å². The molecule has 0 aromatic heterocycles. The predicted molar refractivity (Wildman–Crippen MR) is 87.7 cm³/mol. The van der Waals surface area contributed by atoms with E-state index < -0.39 is 0 Å². The second kappa shape index (κ2) is 3.85. The van der Waals surface area contributed by atoms with Crippen molar-refractivity contribution in [2.45, 2.75) is 19.8 Å². The van der Waals surface area contributed by atoms with E-state index in [4.69, 9.17) is 0 Å². The molecule has 0 bridgehead atoms. The van der Waals surface area contributed by atoms with Gasteiger partial charge in [0, 0.05) is 0 Å². The van der Waals surface area contributed by atoms with E-state index >= 15 is 0 Å². The second-order valence-corrected chi connectivity index (χ2v) is 6.24. The highest BCUT2D eigenvalue weighted by atomic mass is 14.3. The first kappa shape index (κ1) is 11.3. The maximum atomic E-state index is 2.34. The van der Waals surface area contributed by atoms with E-state index in [2.05, 4.69) is 61.5 Å². The largest absolute Gasteiger partial charge is 0.0619 e. The van der Waals surface area contributed by atoms with E-state index in [1.165, 1.54) is 38.9 Å². The molecule has 0 N–H and O–H groups in total. The lowest BCUT2D eigenvalue weighted by Crippen LogP contribution is -1.90. The summed E-state index contributed by atoms with van der Waals surface area (Å²) in [4.78, 5) is 0. The molecule has 100 valence electrons. The highest BCUT2D eigenvalue weighted by Crippen LogP contribution is 2.47. The molecule has 0 unspecified atom stereocenters. The number of hydrogen-bond acceptors (Lipinski definition) is 0. The average Bonchev–Trinajstić information content (AvgIpc) is 3.05. The van der Waals surface area contributed by atoms with Crippen molar-refractivity contribution in [3.8, 4) is 22.3 Å². The minimum Gasteiger partial charge on any atom is -0.0619 e. The zero-order chi connectivity index (χ0) is 14.0.